The van der Waals surface area contributed by atoms with Gasteiger partial charge in [0.05, 0.1) is 0 Å². The molecule has 0 aliphatic heterocycles. The van der Waals surface area contributed by atoms with Crippen molar-refractivity contribution in [2.45, 2.75) is 4.90 Å². The second kappa shape index (κ2) is 4.96. The van der Waals surface area contributed by atoms with Gasteiger partial charge in [0, 0.05) is 5.02 Å². The third kappa shape index (κ3) is 3.00. The van der Waals surface area contributed by atoms with E-state index in [1.165, 1.54) is 24.3 Å². The molecule has 2 aromatic carbocycles. The highest BCUT2D eigenvalue weighted by Gasteiger charge is 2.16. The van der Waals surface area contributed by atoms with Crippen LogP contribution in [0.25, 0.3) is 0 Å². The van der Waals surface area contributed by atoms with Crippen LogP contribution >= 0.6 is 11.6 Å². The summed E-state index contributed by atoms with van der Waals surface area (Å²) >= 11 is 5.67. The van der Waals surface area contributed by atoms with Gasteiger partial charge in [-0.15, -0.1) is 0 Å². The lowest BCUT2D eigenvalue weighted by Gasteiger charge is -2.06. The van der Waals surface area contributed by atoms with E-state index in [1.54, 1.807) is 0 Å². The third-order valence-corrected chi connectivity index (χ3v) is 3.64. The summed E-state index contributed by atoms with van der Waals surface area (Å²) in [4.78, 5) is -0.112. The number of hydrogen-bond donors (Lipinski definition) is 0. The van der Waals surface area contributed by atoms with Gasteiger partial charge in [-0.1, -0.05) is 11.6 Å². The molecule has 0 aliphatic carbocycles. The second-order valence-corrected chi connectivity index (χ2v) is 5.43. The van der Waals surface area contributed by atoms with Gasteiger partial charge in [-0.05, 0) is 48.5 Å². The van der Waals surface area contributed by atoms with Crippen molar-refractivity contribution in [2.75, 3.05) is 0 Å². The van der Waals surface area contributed by atoms with E-state index in [-0.39, 0.29) is 10.6 Å². The molecular formula is C12H8ClFO3S. The fraction of sp³-hybridized carbons (Fsp3) is 0. The van der Waals surface area contributed by atoms with Crippen LogP contribution in [0.5, 0.6) is 5.75 Å². The van der Waals surface area contributed by atoms with Crippen molar-refractivity contribution in [3.8, 4) is 5.75 Å². The zero-order valence-electron chi connectivity index (χ0n) is 9.01. The zero-order chi connectivity index (χ0) is 13.2. The molecule has 2 rings (SSSR count). The van der Waals surface area contributed by atoms with Crippen LogP contribution in [0.2, 0.25) is 5.02 Å². The van der Waals surface area contributed by atoms with E-state index >= 15 is 0 Å². The molecule has 0 radical (unpaired) electrons. The van der Waals surface area contributed by atoms with Crippen LogP contribution in [-0.4, -0.2) is 8.42 Å². The van der Waals surface area contributed by atoms with Gasteiger partial charge in [0.1, 0.15) is 16.5 Å². The minimum atomic E-state index is -3.95. The van der Waals surface area contributed by atoms with Crippen molar-refractivity contribution < 1.29 is 17.0 Å². The van der Waals surface area contributed by atoms with Gasteiger partial charge in [-0.25, -0.2) is 4.39 Å². The lowest BCUT2D eigenvalue weighted by Crippen LogP contribution is -2.09. The van der Waals surface area contributed by atoms with E-state index in [1.807, 2.05) is 0 Å². The highest BCUT2D eigenvalue weighted by Crippen LogP contribution is 2.20. The Hall–Kier alpha value is -1.59. The van der Waals surface area contributed by atoms with Crippen LogP contribution in [0.15, 0.2) is 53.4 Å². The van der Waals surface area contributed by atoms with Gasteiger partial charge in [0.25, 0.3) is 0 Å². The van der Waals surface area contributed by atoms with Crippen LogP contribution in [-0.2, 0) is 10.1 Å². The van der Waals surface area contributed by atoms with Crippen molar-refractivity contribution in [1.82, 2.24) is 0 Å². The normalized spacial score (nSPS) is 11.2. The molecular weight excluding hydrogens is 279 g/mol. The van der Waals surface area contributed by atoms with Crippen molar-refractivity contribution >= 4 is 21.7 Å². The van der Waals surface area contributed by atoms with Crippen molar-refractivity contribution in [2.24, 2.45) is 0 Å². The van der Waals surface area contributed by atoms with Crippen LogP contribution in [0.1, 0.15) is 0 Å². The molecule has 0 amide bonds. The SMILES string of the molecule is O=S(=O)(Oc1ccc(Cl)cc1)c1ccc(F)cc1. The first-order valence-corrected chi connectivity index (χ1v) is 6.72. The molecule has 0 fully saturated rings. The molecule has 0 bridgehead atoms. The average molecular weight is 287 g/mol. The van der Waals surface area contributed by atoms with Crippen LogP contribution < -0.4 is 4.18 Å². The quantitative estimate of drug-likeness (QED) is 0.814. The fourth-order valence-electron chi connectivity index (χ4n) is 1.27. The number of hydrogen-bond acceptors (Lipinski definition) is 3. The zero-order valence-corrected chi connectivity index (χ0v) is 10.6. The molecule has 0 saturated carbocycles. The maximum absolute atomic E-state index is 12.7. The van der Waals surface area contributed by atoms with E-state index in [2.05, 4.69) is 0 Å². The Bertz CT molecular complexity index is 636. The Morgan fingerprint density at radius 1 is 0.944 bits per heavy atom. The van der Waals surface area contributed by atoms with Gasteiger partial charge in [-0.3, -0.25) is 0 Å². The Balaban J connectivity index is 2.27. The predicted octanol–water partition coefficient (Wildman–Crippen LogP) is 3.25. The molecule has 6 heteroatoms. The van der Waals surface area contributed by atoms with Crippen molar-refractivity contribution in [3.05, 3.63) is 59.4 Å². The summed E-state index contributed by atoms with van der Waals surface area (Å²) in [7, 11) is -3.95. The standard InChI is InChI=1S/C12H8ClFO3S/c13-9-1-5-11(6-2-9)17-18(15,16)12-7-3-10(14)4-8-12/h1-8H. The van der Waals surface area contributed by atoms with Gasteiger partial charge in [-0.2, -0.15) is 8.42 Å². The maximum atomic E-state index is 12.7. The Labute approximate surface area is 109 Å². The van der Waals surface area contributed by atoms with Gasteiger partial charge in [0.15, 0.2) is 0 Å². The minimum absolute atomic E-state index is 0.112. The molecule has 94 valence electrons. The number of benzene rings is 2. The summed E-state index contributed by atoms with van der Waals surface area (Å²) in [6.45, 7) is 0. The molecule has 0 aliphatic rings. The molecule has 3 nitrogen and oxygen atoms in total. The summed E-state index contributed by atoms with van der Waals surface area (Å²) in [5, 5.41) is 0.474. The summed E-state index contributed by atoms with van der Waals surface area (Å²) in [6.07, 6.45) is 0. The monoisotopic (exact) mass is 286 g/mol. The Kier molecular flexibility index (Phi) is 3.54. The van der Waals surface area contributed by atoms with E-state index in [0.717, 1.165) is 24.3 Å². The maximum Gasteiger partial charge on any atom is 0.339 e. The summed E-state index contributed by atoms with van der Waals surface area (Å²) in [5.74, 6) is -0.371. The molecule has 2 aromatic rings. The summed E-state index contributed by atoms with van der Waals surface area (Å²) in [5.41, 5.74) is 0. The molecule has 0 N–H and O–H groups in total. The van der Waals surface area contributed by atoms with Crippen molar-refractivity contribution in [3.63, 3.8) is 0 Å². The van der Waals surface area contributed by atoms with Gasteiger partial charge in [0.2, 0.25) is 0 Å². The molecule has 18 heavy (non-hydrogen) atoms. The van der Waals surface area contributed by atoms with Crippen LogP contribution in [0.3, 0.4) is 0 Å². The Morgan fingerprint density at radius 2 is 1.50 bits per heavy atom. The molecule has 0 saturated heterocycles. The van der Waals surface area contributed by atoms with E-state index < -0.39 is 15.9 Å². The van der Waals surface area contributed by atoms with Crippen LogP contribution in [0, 0.1) is 5.82 Å². The highest BCUT2D eigenvalue weighted by atomic mass is 35.5. The molecule has 0 spiro atoms. The molecule has 0 unspecified atom stereocenters. The highest BCUT2D eigenvalue weighted by molar-refractivity contribution is 7.87. The largest absolute Gasteiger partial charge is 0.379 e. The Morgan fingerprint density at radius 3 is 2.06 bits per heavy atom. The number of rotatable bonds is 3. The second-order valence-electron chi connectivity index (χ2n) is 3.45. The number of halogens is 2. The van der Waals surface area contributed by atoms with E-state index in [4.69, 9.17) is 15.8 Å². The van der Waals surface area contributed by atoms with Crippen LogP contribution in [0.4, 0.5) is 4.39 Å². The molecule has 0 atom stereocenters. The first-order valence-electron chi connectivity index (χ1n) is 4.93. The first kappa shape index (κ1) is 12.9. The summed E-state index contributed by atoms with van der Waals surface area (Å²) in [6, 6.07) is 10.3. The molecule has 0 aromatic heterocycles. The van der Waals surface area contributed by atoms with Crippen molar-refractivity contribution in [1.29, 1.82) is 0 Å². The smallest absolute Gasteiger partial charge is 0.339 e. The van der Waals surface area contributed by atoms with Gasteiger partial charge < -0.3 is 4.18 Å². The topological polar surface area (TPSA) is 43.4 Å². The van der Waals surface area contributed by atoms with Gasteiger partial charge >= 0.3 is 10.1 Å². The first-order chi connectivity index (χ1) is 8.47. The lowest BCUT2D eigenvalue weighted by atomic mass is 10.3. The summed E-state index contributed by atoms with van der Waals surface area (Å²) < 4.78 is 41.2. The van der Waals surface area contributed by atoms with E-state index in [0.29, 0.717) is 5.02 Å². The van der Waals surface area contributed by atoms with E-state index in [9.17, 15) is 12.8 Å². The minimum Gasteiger partial charge on any atom is -0.379 e. The third-order valence-electron chi connectivity index (χ3n) is 2.12. The lowest BCUT2D eigenvalue weighted by molar-refractivity contribution is 0.486. The fourth-order valence-corrected chi connectivity index (χ4v) is 2.32. The predicted molar refractivity (Wildman–Crippen MR) is 65.7 cm³/mol. The average Bonchev–Trinajstić information content (AvgIpc) is 2.32. The molecule has 0 heterocycles.